The van der Waals surface area contributed by atoms with Crippen LogP contribution >= 0.6 is 11.3 Å². The normalized spacial score (nSPS) is 11.3. The molecule has 0 saturated heterocycles. The van der Waals surface area contributed by atoms with Gasteiger partial charge in [-0.05, 0) is 47.7 Å². The summed E-state index contributed by atoms with van der Waals surface area (Å²) in [5.41, 5.74) is 2.91. The average molecular weight is 341 g/mol. The van der Waals surface area contributed by atoms with Gasteiger partial charge >= 0.3 is 0 Å². The number of carbonyl (C=O) groups is 1. The van der Waals surface area contributed by atoms with Crippen LogP contribution in [0.15, 0.2) is 35.7 Å². The highest BCUT2D eigenvalue weighted by molar-refractivity contribution is 7.17. The SMILES string of the molecule is CCn1nc(C(C)C)cc1C(=O)NCCc1csc2ccccc12. The lowest BCUT2D eigenvalue weighted by atomic mass is 10.1. The first kappa shape index (κ1) is 16.7. The number of aryl methyl sites for hydroxylation is 1. The molecule has 3 aromatic rings. The van der Waals surface area contributed by atoms with Gasteiger partial charge in [0.05, 0.1) is 5.69 Å². The van der Waals surface area contributed by atoms with Gasteiger partial charge in [0, 0.05) is 17.8 Å². The minimum atomic E-state index is -0.0456. The van der Waals surface area contributed by atoms with Crippen LogP contribution in [0.25, 0.3) is 10.1 Å². The van der Waals surface area contributed by atoms with Gasteiger partial charge in [0.1, 0.15) is 5.69 Å². The molecule has 0 saturated carbocycles. The van der Waals surface area contributed by atoms with E-state index in [4.69, 9.17) is 0 Å². The largest absolute Gasteiger partial charge is 0.350 e. The highest BCUT2D eigenvalue weighted by atomic mass is 32.1. The van der Waals surface area contributed by atoms with E-state index in [0.29, 0.717) is 24.7 Å². The standard InChI is InChI=1S/C19H23N3OS/c1-4-22-17(11-16(21-22)13(2)3)19(23)20-10-9-14-12-24-18-8-6-5-7-15(14)18/h5-8,11-13H,4,9-10H2,1-3H3,(H,20,23). The number of rotatable bonds is 6. The van der Waals surface area contributed by atoms with Gasteiger partial charge in [-0.1, -0.05) is 32.0 Å². The minimum Gasteiger partial charge on any atom is -0.350 e. The fraction of sp³-hybridized carbons (Fsp3) is 0.368. The van der Waals surface area contributed by atoms with Crippen molar-refractivity contribution in [2.24, 2.45) is 0 Å². The topological polar surface area (TPSA) is 46.9 Å². The molecule has 24 heavy (non-hydrogen) atoms. The molecule has 5 heteroatoms. The number of benzene rings is 1. The highest BCUT2D eigenvalue weighted by Gasteiger charge is 2.16. The van der Waals surface area contributed by atoms with Crippen molar-refractivity contribution >= 4 is 27.3 Å². The third-order valence-corrected chi connectivity index (χ3v) is 5.18. The van der Waals surface area contributed by atoms with Crippen LogP contribution in [0.1, 0.15) is 48.4 Å². The van der Waals surface area contributed by atoms with Gasteiger partial charge in [-0.2, -0.15) is 5.10 Å². The number of aromatic nitrogens is 2. The van der Waals surface area contributed by atoms with E-state index in [1.165, 1.54) is 15.6 Å². The van der Waals surface area contributed by atoms with Gasteiger partial charge in [-0.3, -0.25) is 9.48 Å². The summed E-state index contributed by atoms with van der Waals surface area (Å²) in [5, 5.41) is 11.0. The molecule has 126 valence electrons. The first-order valence-corrected chi connectivity index (χ1v) is 9.29. The second-order valence-electron chi connectivity index (χ2n) is 6.19. The maximum Gasteiger partial charge on any atom is 0.269 e. The fourth-order valence-corrected chi connectivity index (χ4v) is 3.77. The lowest BCUT2D eigenvalue weighted by Crippen LogP contribution is -2.28. The van der Waals surface area contributed by atoms with E-state index >= 15 is 0 Å². The van der Waals surface area contributed by atoms with Gasteiger partial charge in [0.2, 0.25) is 0 Å². The van der Waals surface area contributed by atoms with Crippen LogP contribution in [0.2, 0.25) is 0 Å². The summed E-state index contributed by atoms with van der Waals surface area (Å²) < 4.78 is 3.08. The van der Waals surface area contributed by atoms with Crippen molar-refractivity contribution in [1.29, 1.82) is 0 Å². The maximum absolute atomic E-state index is 12.5. The first-order valence-electron chi connectivity index (χ1n) is 8.41. The zero-order chi connectivity index (χ0) is 17.1. The van der Waals surface area contributed by atoms with E-state index in [1.54, 1.807) is 16.0 Å². The molecule has 0 fully saturated rings. The highest BCUT2D eigenvalue weighted by Crippen LogP contribution is 2.25. The van der Waals surface area contributed by atoms with Gasteiger partial charge in [-0.25, -0.2) is 0 Å². The first-order chi connectivity index (χ1) is 11.6. The van der Waals surface area contributed by atoms with Crippen molar-refractivity contribution in [1.82, 2.24) is 15.1 Å². The molecule has 1 amide bonds. The smallest absolute Gasteiger partial charge is 0.269 e. The van der Waals surface area contributed by atoms with Crippen molar-refractivity contribution in [2.75, 3.05) is 6.54 Å². The molecule has 0 aliphatic heterocycles. The van der Waals surface area contributed by atoms with Crippen LogP contribution in [-0.4, -0.2) is 22.2 Å². The summed E-state index contributed by atoms with van der Waals surface area (Å²) in [6.07, 6.45) is 0.840. The Balaban J connectivity index is 1.65. The van der Waals surface area contributed by atoms with Crippen molar-refractivity contribution in [3.05, 3.63) is 52.7 Å². The lowest BCUT2D eigenvalue weighted by molar-refractivity contribution is 0.0943. The van der Waals surface area contributed by atoms with Crippen molar-refractivity contribution in [3.8, 4) is 0 Å². The second kappa shape index (κ2) is 7.18. The van der Waals surface area contributed by atoms with Crippen LogP contribution in [0.4, 0.5) is 0 Å². The predicted octanol–water partition coefficient (Wildman–Crippen LogP) is 4.21. The van der Waals surface area contributed by atoms with Crippen molar-refractivity contribution < 1.29 is 4.79 Å². The summed E-state index contributed by atoms with van der Waals surface area (Å²) in [6.45, 7) is 7.51. The van der Waals surface area contributed by atoms with E-state index in [-0.39, 0.29) is 5.91 Å². The molecule has 1 aromatic carbocycles. The van der Waals surface area contributed by atoms with E-state index in [2.05, 4.69) is 53.9 Å². The molecule has 0 spiro atoms. The Morgan fingerprint density at radius 2 is 2.12 bits per heavy atom. The van der Waals surface area contributed by atoms with Gasteiger partial charge < -0.3 is 5.32 Å². The Labute approximate surface area is 146 Å². The summed E-state index contributed by atoms with van der Waals surface area (Å²) in [4.78, 5) is 12.5. The monoisotopic (exact) mass is 341 g/mol. The van der Waals surface area contributed by atoms with Crippen molar-refractivity contribution in [2.45, 2.75) is 39.7 Å². The average Bonchev–Trinajstić information content (AvgIpc) is 3.19. The van der Waals surface area contributed by atoms with Gasteiger partial charge in [-0.15, -0.1) is 11.3 Å². The Kier molecular flexibility index (Phi) is 5.00. The van der Waals surface area contributed by atoms with Gasteiger partial charge in [0.15, 0.2) is 0 Å². The predicted molar refractivity (Wildman–Crippen MR) is 99.9 cm³/mol. The third-order valence-electron chi connectivity index (χ3n) is 4.16. The summed E-state index contributed by atoms with van der Waals surface area (Å²) in [7, 11) is 0. The van der Waals surface area contributed by atoms with Crippen LogP contribution in [0.5, 0.6) is 0 Å². The Morgan fingerprint density at radius 3 is 2.88 bits per heavy atom. The molecule has 0 unspecified atom stereocenters. The number of thiophene rings is 1. The maximum atomic E-state index is 12.5. The van der Waals surface area contributed by atoms with Crippen LogP contribution in [-0.2, 0) is 13.0 Å². The summed E-state index contributed by atoms with van der Waals surface area (Å²) in [5.74, 6) is 0.275. The molecular formula is C19H23N3OS. The molecule has 0 aliphatic rings. The number of nitrogens with one attached hydrogen (secondary N) is 1. The fourth-order valence-electron chi connectivity index (χ4n) is 2.77. The molecule has 0 atom stereocenters. The number of nitrogens with zero attached hydrogens (tertiary/aromatic N) is 2. The minimum absolute atomic E-state index is 0.0456. The second-order valence-corrected chi connectivity index (χ2v) is 7.10. The van der Waals surface area contributed by atoms with E-state index < -0.39 is 0 Å². The number of fused-ring (bicyclic) bond motifs is 1. The van der Waals surface area contributed by atoms with Crippen molar-refractivity contribution in [3.63, 3.8) is 0 Å². The van der Waals surface area contributed by atoms with Crippen LogP contribution in [0.3, 0.4) is 0 Å². The Morgan fingerprint density at radius 1 is 1.33 bits per heavy atom. The van der Waals surface area contributed by atoms with Crippen LogP contribution < -0.4 is 5.32 Å². The van der Waals surface area contributed by atoms with E-state index in [9.17, 15) is 4.79 Å². The molecule has 4 nitrogen and oxygen atoms in total. The summed E-state index contributed by atoms with van der Waals surface area (Å²) >= 11 is 1.75. The zero-order valence-corrected chi connectivity index (χ0v) is 15.2. The molecule has 2 heterocycles. The zero-order valence-electron chi connectivity index (χ0n) is 14.4. The number of amides is 1. The molecule has 3 rings (SSSR count). The number of carbonyl (C=O) groups excluding carboxylic acids is 1. The van der Waals surface area contributed by atoms with E-state index in [1.807, 2.05) is 13.0 Å². The summed E-state index contributed by atoms with van der Waals surface area (Å²) in [6, 6.07) is 10.3. The molecule has 2 aromatic heterocycles. The third kappa shape index (κ3) is 3.36. The molecule has 0 bridgehead atoms. The quantitative estimate of drug-likeness (QED) is 0.730. The van der Waals surface area contributed by atoms with E-state index in [0.717, 1.165) is 12.1 Å². The molecular weight excluding hydrogens is 318 g/mol. The number of hydrogen-bond acceptors (Lipinski definition) is 3. The Hall–Kier alpha value is -2.14. The molecule has 0 aliphatic carbocycles. The number of hydrogen-bond donors (Lipinski definition) is 1. The molecule has 1 N–H and O–H groups in total. The molecule has 0 radical (unpaired) electrons. The van der Waals surface area contributed by atoms with Crippen LogP contribution in [0, 0.1) is 0 Å². The lowest BCUT2D eigenvalue weighted by Gasteiger charge is -2.06. The Bertz CT molecular complexity index is 847. The van der Waals surface area contributed by atoms with Gasteiger partial charge in [0.25, 0.3) is 5.91 Å².